The highest BCUT2D eigenvalue weighted by Gasteiger charge is 2.36. The van der Waals surface area contributed by atoms with E-state index in [1.54, 1.807) is 0 Å². The molecule has 1 heterocycles. The first-order valence-corrected chi connectivity index (χ1v) is 8.65. The van der Waals surface area contributed by atoms with Gasteiger partial charge in [0.15, 0.2) is 9.84 Å². The fourth-order valence-electron chi connectivity index (χ4n) is 1.37. The Kier molecular flexibility index (Phi) is 4.72. The number of carbonyl (C=O) groups excluding carboxylic acids is 1. The van der Waals surface area contributed by atoms with Crippen LogP contribution in [-0.2, 0) is 14.6 Å². The molecule has 1 rings (SSSR count). The summed E-state index contributed by atoms with van der Waals surface area (Å²) in [6.07, 6.45) is 1.10. The predicted octanol–water partition coefficient (Wildman–Crippen LogP) is -0.0213. The number of carboxylic acids is 1. The van der Waals surface area contributed by atoms with Crippen molar-refractivity contribution in [2.24, 2.45) is 0 Å². The zero-order valence-electron chi connectivity index (χ0n) is 11.0. The smallest absolute Gasteiger partial charge is 0.327 e. The Labute approximate surface area is 116 Å². The molecule has 2 amide bonds. The molecule has 2 N–H and O–H groups in total. The fraction of sp³-hybridized carbons (Fsp3) is 0.800. The van der Waals surface area contributed by atoms with Gasteiger partial charge in [-0.15, -0.1) is 11.8 Å². The summed E-state index contributed by atoms with van der Waals surface area (Å²) in [5.74, 6) is -0.414. The average Bonchev–Trinajstić information content (AvgIpc) is 2.73. The molecule has 0 aliphatic carbocycles. The van der Waals surface area contributed by atoms with Crippen LogP contribution in [0.25, 0.3) is 0 Å². The topological polar surface area (TPSA) is 104 Å². The van der Waals surface area contributed by atoms with Crippen LogP contribution >= 0.6 is 11.8 Å². The lowest BCUT2D eigenvalue weighted by atomic mass is 10.2. The van der Waals surface area contributed by atoms with Gasteiger partial charge in [0.05, 0.1) is 10.6 Å². The van der Waals surface area contributed by atoms with Gasteiger partial charge in [-0.3, -0.25) is 0 Å². The molecule has 0 saturated carbocycles. The maximum atomic E-state index is 11.9. The van der Waals surface area contributed by atoms with Crippen molar-refractivity contribution in [3.8, 4) is 0 Å². The maximum absolute atomic E-state index is 11.9. The molecule has 19 heavy (non-hydrogen) atoms. The molecule has 1 fully saturated rings. The predicted molar refractivity (Wildman–Crippen MR) is 72.9 cm³/mol. The molecule has 0 aromatic heterocycles. The third-order valence-electron chi connectivity index (χ3n) is 3.10. The summed E-state index contributed by atoms with van der Waals surface area (Å²) in [6.45, 7) is 2.96. The summed E-state index contributed by atoms with van der Waals surface area (Å²) in [5, 5.41) is 11.4. The number of hydrogen-bond acceptors (Lipinski definition) is 5. The Morgan fingerprint density at radius 3 is 2.53 bits per heavy atom. The van der Waals surface area contributed by atoms with Crippen molar-refractivity contribution in [2.75, 3.05) is 24.4 Å². The molecular formula is C10H18N2O5S2. The number of rotatable bonds is 4. The van der Waals surface area contributed by atoms with E-state index < -0.39 is 32.6 Å². The summed E-state index contributed by atoms with van der Waals surface area (Å²) in [6, 6.07) is -1.40. The molecule has 0 radical (unpaired) electrons. The van der Waals surface area contributed by atoms with Gasteiger partial charge >= 0.3 is 12.0 Å². The van der Waals surface area contributed by atoms with Crippen molar-refractivity contribution >= 4 is 33.6 Å². The van der Waals surface area contributed by atoms with Gasteiger partial charge in [-0.1, -0.05) is 0 Å². The minimum atomic E-state index is -3.31. The number of nitrogens with zero attached hydrogens (tertiary/aromatic N) is 1. The Balaban J connectivity index is 2.64. The summed E-state index contributed by atoms with van der Waals surface area (Å²) in [5.41, 5.74) is 0. The lowest BCUT2D eigenvalue weighted by molar-refractivity contribution is -0.140. The number of nitrogens with one attached hydrogen (secondary N) is 1. The first-order chi connectivity index (χ1) is 8.56. The second kappa shape index (κ2) is 5.58. The van der Waals surface area contributed by atoms with Gasteiger partial charge in [0.1, 0.15) is 6.04 Å². The van der Waals surface area contributed by atoms with E-state index >= 15 is 0 Å². The van der Waals surface area contributed by atoms with Gasteiger partial charge in [-0.25, -0.2) is 18.0 Å². The number of thioether (sulfide) groups is 1. The van der Waals surface area contributed by atoms with Crippen LogP contribution in [0.4, 0.5) is 4.79 Å². The van der Waals surface area contributed by atoms with Gasteiger partial charge in [0, 0.05) is 18.6 Å². The standard InChI is InChI=1S/C10H18N2O5S2/c1-10(2,19(3,16)17)5-11-9(15)12-6-18-4-7(12)8(13)14/h7H,4-6H2,1-3H3,(H,11,15)(H,13,14)/t7-/m0/s1. The second-order valence-corrected chi connectivity index (χ2v) is 8.66. The number of aliphatic carboxylic acids is 1. The third kappa shape index (κ3) is 3.75. The molecule has 1 atom stereocenters. The van der Waals surface area contributed by atoms with Crippen LogP contribution in [0.5, 0.6) is 0 Å². The molecule has 0 spiro atoms. The summed E-state index contributed by atoms with van der Waals surface area (Å²) in [4.78, 5) is 24.0. The third-order valence-corrected chi connectivity index (χ3v) is 6.26. The van der Waals surface area contributed by atoms with E-state index in [0.717, 1.165) is 6.26 Å². The van der Waals surface area contributed by atoms with E-state index in [9.17, 15) is 18.0 Å². The van der Waals surface area contributed by atoms with Crippen molar-refractivity contribution in [1.82, 2.24) is 10.2 Å². The van der Waals surface area contributed by atoms with Crippen LogP contribution in [0.1, 0.15) is 13.8 Å². The number of amides is 2. The monoisotopic (exact) mass is 310 g/mol. The molecule has 0 aromatic rings. The van der Waals surface area contributed by atoms with Crippen LogP contribution < -0.4 is 5.32 Å². The SMILES string of the molecule is CC(C)(CNC(=O)N1CSC[C@H]1C(=O)O)S(C)(=O)=O. The zero-order valence-corrected chi connectivity index (χ0v) is 12.7. The maximum Gasteiger partial charge on any atom is 0.327 e. The van der Waals surface area contributed by atoms with Crippen molar-refractivity contribution in [1.29, 1.82) is 0 Å². The van der Waals surface area contributed by atoms with E-state index in [0.29, 0.717) is 11.6 Å². The average molecular weight is 310 g/mol. The van der Waals surface area contributed by atoms with Gasteiger partial charge in [0.2, 0.25) is 0 Å². The summed E-state index contributed by atoms with van der Waals surface area (Å²) < 4.78 is 21.9. The van der Waals surface area contributed by atoms with Crippen LogP contribution in [0.3, 0.4) is 0 Å². The number of urea groups is 1. The van der Waals surface area contributed by atoms with Crippen molar-refractivity contribution in [2.45, 2.75) is 24.6 Å². The van der Waals surface area contributed by atoms with Gasteiger partial charge in [-0.05, 0) is 13.8 Å². The molecular weight excluding hydrogens is 292 g/mol. The first kappa shape index (κ1) is 16.1. The van der Waals surface area contributed by atoms with Gasteiger partial charge < -0.3 is 15.3 Å². The lowest BCUT2D eigenvalue weighted by Crippen LogP contribution is -2.51. The number of carbonyl (C=O) groups is 2. The molecule has 1 saturated heterocycles. The summed E-state index contributed by atoms with van der Waals surface area (Å²) in [7, 11) is -3.31. The van der Waals surface area contributed by atoms with Crippen LogP contribution in [0.2, 0.25) is 0 Å². The van der Waals surface area contributed by atoms with E-state index in [1.165, 1.54) is 30.5 Å². The second-order valence-electron chi connectivity index (χ2n) is 5.01. The van der Waals surface area contributed by atoms with Crippen molar-refractivity contribution in [3.05, 3.63) is 0 Å². The quantitative estimate of drug-likeness (QED) is 0.756. The van der Waals surface area contributed by atoms with E-state index in [4.69, 9.17) is 5.11 Å². The molecule has 110 valence electrons. The first-order valence-electron chi connectivity index (χ1n) is 5.61. The summed E-state index contributed by atoms with van der Waals surface area (Å²) >= 11 is 1.35. The van der Waals surface area contributed by atoms with E-state index in [2.05, 4.69) is 5.32 Å². The number of sulfone groups is 1. The molecule has 7 nitrogen and oxygen atoms in total. The molecule has 0 unspecified atom stereocenters. The van der Waals surface area contributed by atoms with Crippen molar-refractivity contribution in [3.63, 3.8) is 0 Å². The van der Waals surface area contributed by atoms with Crippen LogP contribution in [0, 0.1) is 0 Å². The molecule has 0 bridgehead atoms. The van der Waals surface area contributed by atoms with Crippen LogP contribution in [0.15, 0.2) is 0 Å². The highest BCUT2D eigenvalue weighted by atomic mass is 32.2. The van der Waals surface area contributed by atoms with Gasteiger partial charge in [0.25, 0.3) is 0 Å². The zero-order chi connectivity index (χ0) is 14.8. The fourth-order valence-corrected chi connectivity index (χ4v) is 2.85. The Morgan fingerprint density at radius 1 is 1.47 bits per heavy atom. The Bertz CT molecular complexity index is 474. The lowest BCUT2D eigenvalue weighted by Gasteiger charge is -2.26. The highest BCUT2D eigenvalue weighted by molar-refractivity contribution is 7.99. The van der Waals surface area contributed by atoms with E-state index in [-0.39, 0.29) is 6.54 Å². The highest BCUT2D eigenvalue weighted by Crippen LogP contribution is 2.21. The minimum absolute atomic E-state index is 0.0574. The largest absolute Gasteiger partial charge is 0.480 e. The molecule has 1 aliphatic heterocycles. The van der Waals surface area contributed by atoms with Gasteiger partial charge in [-0.2, -0.15) is 0 Å². The molecule has 9 heteroatoms. The van der Waals surface area contributed by atoms with Crippen LogP contribution in [-0.4, -0.2) is 65.6 Å². The Morgan fingerprint density at radius 2 is 2.05 bits per heavy atom. The van der Waals surface area contributed by atoms with E-state index in [1.807, 2.05) is 0 Å². The Hall–Kier alpha value is -0.960. The van der Waals surface area contributed by atoms with Crippen molar-refractivity contribution < 1.29 is 23.1 Å². The normalized spacial score (nSPS) is 20.4. The minimum Gasteiger partial charge on any atom is -0.480 e. The molecule has 1 aliphatic rings. The number of carboxylic acid groups (broad SMARTS) is 1. The molecule has 0 aromatic carbocycles. The number of hydrogen-bond donors (Lipinski definition) is 2.